The van der Waals surface area contributed by atoms with Crippen molar-refractivity contribution < 1.29 is 35.3 Å². The quantitative estimate of drug-likeness (QED) is 0.289. The van der Waals surface area contributed by atoms with Crippen molar-refractivity contribution in [2.24, 2.45) is 5.10 Å². The lowest BCUT2D eigenvalue weighted by atomic mass is 10.1. The number of nitrogens with zero attached hydrogens (tertiary/aromatic N) is 1. The minimum atomic E-state index is -4.61. The second-order valence-electron chi connectivity index (χ2n) is 6.89. The molecule has 0 aromatic heterocycles. The molecule has 7 nitrogen and oxygen atoms in total. The number of benzene rings is 3. The molecule has 0 bridgehead atoms. The molecule has 0 spiro atoms. The minimum Gasteiger partial charge on any atom is -0.496 e. The number of hydrazone groups is 1. The van der Waals surface area contributed by atoms with Crippen LogP contribution in [0.5, 0.6) is 11.5 Å². The molecule has 1 amide bonds. The van der Waals surface area contributed by atoms with Gasteiger partial charge in [0.1, 0.15) is 10.6 Å². The summed E-state index contributed by atoms with van der Waals surface area (Å²) < 4.78 is 73.9. The van der Waals surface area contributed by atoms with Crippen LogP contribution in [0.1, 0.15) is 16.7 Å². The third-order valence-corrected chi connectivity index (χ3v) is 5.75. The number of amides is 1. The van der Waals surface area contributed by atoms with Crippen molar-refractivity contribution in [1.29, 1.82) is 0 Å². The van der Waals surface area contributed by atoms with Crippen molar-refractivity contribution in [1.82, 2.24) is 5.43 Å². The summed E-state index contributed by atoms with van der Waals surface area (Å²) in [6.07, 6.45) is -3.38. The van der Waals surface area contributed by atoms with Crippen molar-refractivity contribution in [2.75, 3.05) is 7.11 Å². The molecule has 0 aliphatic carbocycles. The molecule has 0 atom stereocenters. The van der Waals surface area contributed by atoms with Crippen LogP contribution in [-0.2, 0) is 27.5 Å². The molecular weight excluding hydrogens is 473 g/mol. The maximum absolute atomic E-state index is 12.8. The second kappa shape index (κ2) is 10.4. The van der Waals surface area contributed by atoms with E-state index in [1.54, 1.807) is 24.3 Å². The van der Waals surface area contributed by atoms with E-state index in [-0.39, 0.29) is 23.5 Å². The molecule has 0 aliphatic rings. The molecule has 0 saturated carbocycles. The van der Waals surface area contributed by atoms with Gasteiger partial charge in [0.05, 0.1) is 30.9 Å². The predicted octanol–water partition coefficient (Wildman–Crippen LogP) is 4.17. The van der Waals surface area contributed by atoms with Gasteiger partial charge in [0.25, 0.3) is 0 Å². The number of alkyl halides is 3. The summed E-state index contributed by atoms with van der Waals surface area (Å²) in [7, 11) is -3.13. The maximum atomic E-state index is 12.8. The van der Waals surface area contributed by atoms with Crippen LogP contribution in [0.4, 0.5) is 13.2 Å². The lowest BCUT2D eigenvalue weighted by Gasteiger charge is -2.13. The SMILES string of the molecule is COc1cccc(OS(=O)(=O)c2ccc(C(F)(F)F)cc2)c1/C=N/NC(=O)Cc1ccccc1. The molecular formula is C23H19F3N2O5S. The van der Waals surface area contributed by atoms with E-state index in [9.17, 15) is 26.4 Å². The summed E-state index contributed by atoms with van der Waals surface area (Å²) in [6, 6.07) is 16.2. The van der Waals surface area contributed by atoms with Gasteiger partial charge in [0.15, 0.2) is 5.75 Å². The highest BCUT2D eigenvalue weighted by atomic mass is 32.2. The fourth-order valence-electron chi connectivity index (χ4n) is 2.87. The highest BCUT2D eigenvalue weighted by molar-refractivity contribution is 7.87. The zero-order chi connectivity index (χ0) is 24.8. The fourth-order valence-corrected chi connectivity index (χ4v) is 3.82. The molecule has 3 rings (SSSR count). The van der Waals surface area contributed by atoms with E-state index >= 15 is 0 Å². The van der Waals surface area contributed by atoms with E-state index in [0.717, 1.165) is 23.9 Å². The van der Waals surface area contributed by atoms with Crippen LogP contribution >= 0.6 is 0 Å². The van der Waals surface area contributed by atoms with Gasteiger partial charge < -0.3 is 8.92 Å². The van der Waals surface area contributed by atoms with Crippen LogP contribution in [-0.4, -0.2) is 27.6 Å². The number of nitrogens with one attached hydrogen (secondary N) is 1. The minimum absolute atomic E-state index is 0.0791. The number of carbonyl (C=O) groups excluding carboxylic acids is 1. The van der Waals surface area contributed by atoms with Crippen LogP contribution in [0.25, 0.3) is 0 Å². The van der Waals surface area contributed by atoms with Gasteiger partial charge in [-0.05, 0) is 42.0 Å². The van der Waals surface area contributed by atoms with E-state index in [0.29, 0.717) is 12.1 Å². The number of carbonyl (C=O) groups is 1. The summed E-state index contributed by atoms with van der Waals surface area (Å²) in [6.45, 7) is 0. The Hall–Kier alpha value is -3.86. The molecule has 3 aromatic carbocycles. The van der Waals surface area contributed by atoms with E-state index in [1.807, 2.05) is 6.07 Å². The molecule has 0 heterocycles. The van der Waals surface area contributed by atoms with Crippen LogP contribution in [0.3, 0.4) is 0 Å². The van der Waals surface area contributed by atoms with Crippen LogP contribution < -0.4 is 14.3 Å². The summed E-state index contributed by atoms with van der Waals surface area (Å²) in [5, 5.41) is 3.84. The van der Waals surface area contributed by atoms with Gasteiger partial charge in [-0.2, -0.15) is 26.7 Å². The summed E-state index contributed by atoms with van der Waals surface area (Å²) in [4.78, 5) is 11.6. The van der Waals surface area contributed by atoms with Crippen LogP contribution in [0, 0.1) is 0 Å². The Kier molecular flexibility index (Phi) is 7.57. The van der Waals surface area contributed by atoms with Crippen LogP contribution in [0.15, 0.2) is 82.8 Å². The number of methoxy groups -OCH3 is 1. The van der Waals surface area contributed by atoms with E-state index in [4.69, 9.17) is 8.92 Å². The van der Waals surface area contributed by atoms with Gasteiger partial charge in [-0.1, -0.05) is 36.4 Å². The summed E-state index contributed by atoms with van der Waals surface area (Å²) >= 11 is 0. The topological polar surface area (TPSA) is 94.1 Å². The number of hydrogen-bond acceptors (Lipinski definition) is 6. The molecule has 178 valence electrons. The number of halogens is 3. The first kappa shape index (κ1) is 24.8. The Morgan fingerprint density at radius 3 is 2.24 bits per heavy atom. The molecule has 0 saturated heterocycles. The number of rotatable bonds is 8. The fraction of sp³-hybridized carbons (Fsp3) is 0.130. The van der Waals surface area contributed by atoms with Gasteiger partial charge in [0.2, 0.25) is 5.91 Å². The number of ether oxygens (including phenoxy) is 1. The summed E-state index contributed by atoms with van der Waals surface area (Å²) in [5.41, 5.74) is 2.22. The molecule has 34 heavy (non-hydrogen) atoms. The third kappa shape index (κ3) is 6.35. The lowest BCUT2D eigenvalue weighted by molar-refractivity contribution is -0.137. The molecule has 0 fully saturated rings. The monoisotopic (exact) mass is 492 g/mol. The molecule has 0 aliphatic heterocycles. The van der Waals surface area contributed by atoms with Crippen molar-refractivity contribution in [3.8, 4) is 11.5 Å². The van der Waals surface area contributed by atoms with Gasteiger partial charge in [0, 0.05) is 0 Å². The van der Waals surface area contributed by atoms with Crippen LogP contribution in [0.2, 0.25) is 0 Å². The Labute approximate surface area is 194 Å². The highest BCUT2D eigenvalue weighted by Gasteiger charge is 2.31. The Morgan fingerprint density at radius 1 is 0.971 bits per heavy atom. The second-order valence-corrected chi connectivity index (χ2v) is 8.43. The molecule has 0 unspecified atom stereocenters. The average molecular weight is 492 g/mol. The molecule has 11 heteroatoms. The van der Waals surface area contributed by atoms with E-state index in [2.05, 4.69) is 10.5 Å². The normalized spacial score (nSPS) is 11.9. The first-order chi connectivity index (χ1) is 16.1. The average Bonchev–Trinajstić information content (AvgIpc) is 2.80. The molecule has 0 radical (unpaired) electrons. The predicted molar refractivity (Wildman–Crippen MR) is 118 cm³/mol. The third-order valence-electron chi connectivity index (χ3n) is 4.51. The zero-order valence-corrected chi connectivity index (χ0v) is 18.6. The van der Waals surface area contributed by atoms with Gasteiger partial charge in [-0.25, -0.2) is 5.43 Å². The van der Waals surface area contributed by atoms with Crippen molar-refractivity contribution in [3.63, 3.8) is 0 Å². The molecule has 1 N–H and O–H groups in total. The van der Waals surface area contributed by atoms with Gasteiger partial charge in [-0.3, -0.25) is 4.79 Å². The van der Waals surface area contributed by atoms with E-state index in [1.165, 1.54) is 25.3 Å². The highest BCUT2D eigenvalue weighted by Crippen LogP contribution is 2.32. The Bertz CT molecular complexity index is 1280. The van der Waals surface area contributed by atoms with Crippen molar-refractivity contribution in [2.45, 2.75) is 17.5 Å². The molecule has 3 aromatic rings. The first-order valence-electron chi connectivity index (χ1n) is 9.75. The van der Waals surface area contributed by atoms with Crippen molar-refractivity contribution in [3.05, 3.63) is 89.5 Å². The Morgan fingerprint density at radius 2 is 1.62 bits per heavy atom. The maximum Gasteiger partial charge on any atom is 0.416 e. The Balaban J connectivity index is 1.80. The first-order valence-corrected chi connectivity index (χ1v) is 11.2. The largest absolute Gasteiger partial charge is 0.496 e. The van der Waals surface area contributed by atoms with Gasteiger partial charge >= 0.3 is 16.3 Å². The van der Waals surface area contributed by atoms with Crippen molar-refractivity contribution >= 4 is 22.2 Å². The lowest BCUT2D eigenvalue weighted by Crippen LogP contribution is -2.20. The standard InChI is InChI=1S/C23H19F3N2O5S/c1-32-20-8-5-9-21(19(20)15-27-28-22(29)14-16-6-3-2-4-7-16)33-34(30,31)18-12-10-17(11-13-18)23(24,25)26/h2-13,15H,14H2,1H3,(H,28,29)/b27-15+. The van der Waals surface area contributed by atoms with Gasteiger partial charge in [-0.15, -0.1) is 0 Å². The smallest absolute Gasteiger partial charge is 0.416 e. The van der Waals surface area contributed by atoms with E-state index < -0.39 is 32.7 Å². The zero-order valence-electron chi connectivity index (χ0n) is 17.7. The summed E-state index contributed by atoms with van der Waals surface area (Å²) in [5.74, 6) is -0.404. The number of hydrogen-bond donors (Lipinski definition) is 1.